The number of amides is 4. The van der Waals surface area contributed by atoms with E-state index in [1.807, 2.05) is 73.0 Å². The fraction of sp³-hybridized carbons (Fsp3) is 0.185. The molecule has 0 radical (unpaired) electrons. The Labute approximate surface area is 218 Å². The van der Waals surface area contributed by atoms with Gasteiger partial charge in [-0.2, -0.15) is 0 Å². The number of likely N-dealkylation sites (N-methyl/N-ethyl adjacent to an activating group) is 1. The highest BCUT2D eigenvalue weighted by Gasteiger charge is 2.67. The highest BCUT2D eigenvalue weighted by molar-refractivity contribution is 7.98. The standard InChI is InChI=1S/C27H25N6O3S/c1-16(28)25(34)32-31-24-26(35)33(32,2)20-14-9-13-19(22(20)23(29-24)17-10-5-4-6-11-17)30(27(31)36)18-12-7-8-15-21(18)37-3/h4-16,24H,28H2,1-3H3/q+1/t16-,24?,33+/m0/s1. The van der Waals surface area contributed by atoms with Crippen molar-refractivity contribution < 1.29 is 14.4 Å². The minimum absolute atomic E-state index is 0.410. The molecular weight excluding hydrogens is 488 g/mol. The third-order valence-corrected chi connectivity index (χ3v) is 7.82. The van der Waals surface area contributed by atoms with E-state index in [1.165, 1.54) is 21.9 Å². The molecule has 0 aliphatic carbocycles. The molecule has 3 aromatic carbocycles. The number of benzene rings is 3. The zero-order chi connectivity index (χ0) is 26.1. The van der Waals surface area contributed by atoms with Crippen LogP contribution in [0.4, 0.5) is 21.9 Å². The second kappa shape index (κ2) is 8.27. The fourth-order valence-electron chi connectivity index (χ4n) is 5.30. The first-order valence-corrected chi connectivity index (χ1v) is 13.1. The lowest BCUT2D eigenvalue weighted by Gasteiger charge is -2.42. The van der Waals surface area contributed by atoms with Crippen LogP contribution >= 0.6 is 11.8 Å². The zero-order valence-corrected chi connectivity index (χ0v) is 21.3. The summed E-state index contributed by atoms with van der Waals surface area (Å²) in [6, 6.07) is 21.1. The van der Waals surface area contributed by atoms with E-state index in [-0.39, 0.29) is 0 Å². The summed E-state index contributed by atoms with van der Waals surface area (Å²) in [6.45, 7) is 1.54. The summed E-state index contributed by atoms with van der Waals surface area (Å²) in [6.07, 6.45) is 0.690. The molecule has 1 unspecified atom stereocenters. The third kappa shape index (κ3) is 3.06. The third-order valence-electron chi connectivity index (χ3n) is 7.03. The number of thioether (sulfide) groups is 1. The van der Waals surface area contributed by atoms with Crippen LogP contribution in [-0.4, -0.2) is 59.2 Å². The first-order chi connectivity index (χ1) is 17.8. The molecule has 4 amide bonds. The molecule has 4 heterocycles. The van der Waals surface area contributed by atoms with Gasteiger partial charge in [0.05, 0.1) is 28.7 Å². The van der Waals surface area contributed by atoms with Gasteiger partial charge in [-0.3, -0.25) is 9.69 Å². The van der Waals surface area contributed by atoms with Crippen molar-refractivity contribution in [3.05, 3.63) is 83.9 Å². The van der Waals surface area contributed by atoms with E-state index in [1.54, 1.807) is 24.9 Å². The highest BCUT2D eigenvalue weighted by atomic mass is 32.2. The summed E-state index contributed by atoms with van der Waals surface area (Å²) in [5, 5.41) is 2.36. The second-order valence-corrected chi connectivity index (χ2v) is 10.1. The van der Waals surface area contributed by atoms with Gasteiger partial charge in [0.15, 0.2) is 5.69 Å². The number of hydrogen-bond donors (Lipinski definition) is 1. The topological polar surface area (TPSA) is 99.3 Å². The summed E-state index contributed by atoms with van der Waals surface area (Å²) in [5.74, 6) is -0.965. The van der Waals surface area contributed by atoms with Crippen LogP contribution in [0.25, 0.3) is 0 Å². The van der Waals surface area contributed by atoms with E-state index in [2.05, 4.69) is 0 Å². The number of quaternary nitrogens is 1. The molecule has 0 saturated carbocycles. The fourth-order valence-corrected chi connectivity index (χ4v) is 5.88. The maximum Gasteiger partial charge on any atom is 0.391 e. The summed E-state index contributed by atoms with van der Waals surface area (Å²) < 4.78 is -0.558. The average Bonchev–Trinajstić information content (AvgIpc) is 3.07. The predicted molar refractivity (Wildman–Crippen MR) is 143 cm³/mol. The second-order valence-electron chi connectivity index (χ2n) is 9.24. The number of nitrogens with two attached hydrogens (primary N) is 1. The largest absolute Gasteiger partial charge is 0.391 e. The molecule has 2 N–H and O–H groups in total. The normalized spacial score (nSPS) is 22.6. The van der Waals surface area contributed by atoms with E-state index in [9.17, 15) is 14.4 Å². The lowest BCUT2D eigenvalue weighted by Crippen LogP contribution is -2.67. The van der Waals surface area contributed by atoms with Crippen LogP contribution in [0, 0.1) is 0 Å². The Morgan fingerprint density at radius 1 is 1.00 bits per heavy atom. The van der Waals surface area contributed by atoms with Crippen LogP contribution in [-0.2, 0) is 9.59 Å². The number of nitrogens with zero attached hydrogens (tertiary/aromatic N) is 5. The van der Waals surface area contributed by atoms with Gasteiger partial charge in [-0.05, 0) is 31.4 Å². The van der Waals surface area contributed by atoms with Crippen molar-refractivity contribution in [3.8, 4) is 0 Å². The van der Waals surface area contributed by atoms with Gasteiger partial charge < -0.3 is 5.73 Å². The first-order valence-electron chi connectivity index (χ1n) is 11.8. The van der Waals surface area contributed by atoms with Crippen LogP contribution in [0.15, 0.2) is 82.7 Å². The van der Waals surface area contributed by atoms with Gasteiger partial charge >= 0.3 is 17.8 Å². The summed E-state index contributed by atoms with van der Waals surface area (Å²) in [7, 11) is 1.63. The molecule has 7 rings (SSSR count). The van der Waals surface area contributed by atoms with E-state index < -0.39 is 34.6 Å². The van der Waals surface area contributed by atoms with E-state index in [0.29, 0.717) is 28.3 Å². The lowest BCUT2D eigenvalue weighted by atomic mass is 9.96. The zero-order valence-electron chi connectivity index (χ0n) is 20.5. The van der Waals surface area contributed by atoms with Crippen molar-refractivity contribution in [2.45, 2.75) is 24.0 Å². The van der Waals surface area contributed by atoms with Gasteiger partial charge in [-0.25, -0.2) is 14.6 Å². The van der Waals surface area contributed by atoms with Gasteiger partial charge in [0.2, 0.25) is 0 Å². The Morgan fingerprint density at radius 2 is 1.68 bits per heavy atom. The van der Waals surface area contributed by atoms with Crippen LogP contribution in [0.3, 0.4) is 0 Å². The minimum Gasteiger partial charge on any atom is -0.320 e. The molecule has 6 bridgehead atoms. The molecule has 1 saturated heterocycles. The van der Waals surface area contributed by atoms with Crippen molar-refractivity contribution in [3.63, 3.8) is 0 Å². The highest BCUT2D eigenvalue weighted by Crippen LogP contribution is 2.49. The molecular formula is C27H25N6O3S+. The number of fused-ring (bicyclic) bond motifs is 1. The number of hydrazine groups is 1. The van der Waals surface area contributed by atoms with E-state index in [4.69, 9.17) is 10.7 Å². The molecule has 0 aromatic heterocycles. The lowest BCUT2D eigenvalue weighted by molar-refractivity contribution is -0.166. The Bertz CT molecular complexity index is 1510. The van der Waals surface area contributed by atoms with Crippen molar-refractivity contribution in [1.82, 2.24) is 14.7 Å². The van der Waals surface area contributed by atoms with Crippen molar-refractivity contribution in [2.75, 3.05) is 18.2 Å². The molecule has 4 aliphatic rings. The molecule has 0 spiro atoms. The molecule has 37 heavy (non-hydrogen) atoms. The SMILES string of the molecule is CSc1ccccc1N1C(=O)N2C3N=C(c4ccccc4)c4c1cccc4[N@+](C)(C3=O)N2C(=O)[C@H](C)N. The summed E-state index contributed by atoms with van der Waals surface area (Å²) in [4.78, 5) is 49.5. The van der Waals surface area contributed by atoms with Crippen LogP contribution < -0.4 is 15.2 Å². The van der Waals surface area contributed by atoms with Crippen LogP contribution in [0.5, 0.6) is 0 Å². The predicted octanol–water partition coefficient (Wildman–Crippen LogP) is 3.64. The summed E-state index contributed by atoms with van der Waals surface area (Å²) >= 11 is 1.51. The number of para-hydroxylation sites is 1. The molecule has 9 nitrogen and oxygen atoms in total. The quantitative estimate of drug-likeness (QED) is 0.424. The molecule has 186 valence electrons. The Morgan fingerprint density at radius 3 is 2.38 bits per heavy atom. The average molecular weight is 514 g/mol. The molecule has 4 aliphatic heterocycles. The van der Waals surface area contributed by atoms with Gasteiger partial charge in [0.1, 0.15) is 7.05 Å². The van der Waals surface area contributed by atoms with Crippen molar-refractivity contribution in [1.29, 1.82) is 0 Å². The maximum atomic E-state index is 14.5. The van der Waals surface area contributed by atoms with E-state index >= 15 is 0 Å². The van der Waals surface area contributed by atoms with Crippen LogP contribution in [0.2, 0.25) is 0 Å². The molecule has 3 aromatic rings. The Kier molecular flexibility index (Phi) is 5.23. The van der Waals surface area contributed by atoms with Crippen LogP contribution in [0.1, 0.15) is 18.1 Å². The Balaban J connectivity index is 1.76. The summed E-state index contributed by atoms with van der Waals surface area (Å²) in [5.41, 5.74) is 9.84. The molecule has 1 fully saturated rings. The van der Waals surface area contributed by atoms with Gasteiger partial charge in [0.25, 0.3) is 6.17 Å². The number of carbonyl (C=O) groups excluding carboxylic acids is 3. The number of urea groups is 1. The number of anilines is 2. The number of hydrogen-bond acceptors (Lipinski definition) is 6. The van der Waals surface area contributed by atoms with Gasteiger partial charge in [-0.15, -0.1) is 21.4 Å². The number of aliphatic imine (C=N–C) groups is 1. The molecule has 3 atom stereocenters. The monoisotopic (exact) mass is 513 g/mol. The molecule has 10 heteroatoms. The smallest absolute Gasteiger partial charge is 0.320 e. The van der Waals surface area contributed by atoms with Gasteiger partial charge in [-0.1, -0.05) is 53.6 Å². The van der Waals surface area contributed by atoms with Gasteiger partial charge in [0, 0.05) is 16.5 Å². The first kappa shape index (κ1) is 23.4. The van der Waals surface area contributed by atoms with Crippen molar-refractivity contribution >= 4 is 52.4 Å². The van der Waals surface area contributed by atoms with E-state index in [0.717, 1.165) is 10.5 Å². The maximum absolute atomic E-state index is 14.5. The minimum atomic E-state index is -1.25. The Hall–Kier alpha value is -3.99. The number of carbonyl (C=O) groups is 3. The number of rotatable bonds is 4. The van der Waals surface area contributed by atoms with Crippen molar-refractivity contribution in [2.24, 2.45) is 10.7 Å².